The van der Waals surface area contributed by atoms with E-state index in [9.17, 15) is 9.59 Å². The van der Waals surface area contributed by atoms with Crippen LogP contribution in [-0.2, 0) is 0 Å². The molecule has 0 aliphatic carbocycles. The number of benzene rings is 2. The average molecular weight is 371 g/mol. The van der Waals surface area contributed by atoms with Crippen LogP contribution in [0.3, 0.4) is 0 Å². The first kappa shape index (κ1) is 17.1. The van der Waals surface area contributed by atoms with Gasteiger partial charge in [0.1, 0.15) is 5.15 Å². The summed E-state index contributed by atoms with van der Waals surface area (Å²) in [5, 5.41) is 3.19. The van der Waals surface area contributed by atoms with E-state index in [2.05, 4.69) is 10.3 Å². The zero-order chi connectivity index (χ0) is 17.8. The quantitative estimate of drug-likeness (QED) is 0.526. The molecule has 124 valence electrons. The van der Waals surface area contributed by atoms with Crippen LogP contribution >= 0.6 is 23.2 Å². The topological polar surface area (TPSA) is 59.1 Å². The first-order valence-electron chi connectivity index (χ1n) is 7.37. The Morgan fingerprint density at radius 2 is 1.64 bits per heavy atom. The predicted octanol–water partition coefficient (Wildman–Crippen LogP) is 4.87. The molecule has 0 aliphatic rings. The molecule has 0 unspecified atom stereocenters. The summed E-state index contributed by atoms with van der Waals surface area (Å²) in [5.41, 5.74) is 1.37. The smallest absolute Gasteiger partial charge is 0.258 e. The molecule has 25 heavy (non-hydrogen) atoms. The highest BCUT2D eigenvalue weighted by molar-refractivity contribution is 6.33. The van der Waals surface area contributed by atoms with Gasteiger partial charge in [-0.25, -0.2) is 4.98 Å². The van der Waals surface area contributed by atoms with Crippen molar-refractivity contribution >= 4 is 40.6 Å². The molecule has 1 heterocycles. The molecule has 4 nitrogen and oxygen atoms in total. The SMILES string of the molecule is O=C(c1ccccc1)c1cc(Cl)ccc1NC(=O)c1cccnc1Cl. The molecule has 0 spiro atoms. The highest BCUT2D eigenvalue weighted by Gasteiger charge is 2.18. The predicted molar refractivity (Wildman–Crippen MR) is 98.5 cm³/mol. The number of carbonyl (C=O) groups is 2. The zero-order valence-corrected chi connectivity index (χ0v) is 14.4. The molecule has 6 heteroatoms. The molecular formula is C19H12Cl2N2O2. The number of nitrogens with one attached hydrogen (secondary N) is 1. The van der Waals surface area contributed by atoms with Crippen LogP contribution in [0.15, 0.2) is 66.9 Å². The number of amides is 1. The van der Waals surface area contributed by atoms with Gasteiger partial charge in [-0.2, -0.15) is 0 Å². The number of carbonyl (C=O) groups excluding carboxylic acids is 2. The number of rotatable bonds is 4. The number of nitrogens with zero attached hydrogens (tertiary/aromatic N) is 1. The lowest BCUT2D eigenvalue weighted by Crippen LogP contribution is -2.16. The minimum absolute atomic E-state index is 0.0879. The number of pyridine rings is 1. The molecule has 0 radical (unpaired) electrons. The van der Waals surface area contributed by atoms with E-state index >= 15 is 0 Å². The second-order valence-electron chi connectivity index (χ2n) is 5.18. The summed E-state index contributed by atoms with van der Waals surface area (Å²) in [7, 11) is 0. The second kappa shape index (κ2) is 7.47. The van der Waals surface area contributed by atoms with Crippen molar-refractivity contribution in [2.75, 3.05) is 5.32 Å². The molecule has 1 amide bonds. The van der Waals surface area contributed by atoms with E-state index in [0.29, 0.717) is 21.8 Å². The summed E-state index contributed by atoms with van der Waals surface area (Å²) in [6.45, 7) is 0. The maximum Gasteiger partial charge on any atom is 0.258 e. The second-order valence-corrected chi connectivity index (χ2v) is 5.98. The van der Waals surface area contributed by atoms with E-state index in [1.165, 1.54) is 12.3 Å². The van der Waals surface area contributed by atoms with Gasteiger partial charge in [-0.15, -0.1) is 0 Å². The maximum atomic E-state index is 12.8. The van der Waals surface area contributed by atoms with Crippen LogP contribution in [0, 0.1) is 0 Å². The molecule has 0 bridgehead atoms. The highest BCUT2D eigenvalue weighted by Crippen LogP contribution is 2.25. The van der Waals surface area contributed by atoms with E-state index in [1.54, 1.807) is 48.5 Å². The monoisotopic (exact) mass is 370 g/mol. The van der Waals surface area contributed by atoms with Gasteiger partial charge in [0.2, 0.25) is 0 Å². The van der Waals surface area contributed by atoms with Crippen LogP contribution in [0.2, 0.25) is 10.2 Å². The number of anilines is 1. The molecule has 0 saturated heterocycles. The summed E-state index contributed by atoms with van der Waals surface area (Å²) < 4.78 is 0. The normalized spacial score (nSPS) is 10.3. The molecule has 3 aromatic rings. The number of ketones is 1. The van der Waals surface area contributed by atoms with Crippen molar-refractivity contribution < 1.29 is 9.59 Å². The van der Waals surface area contributed by atoms with Gasteiger partial charge in [0.05, 0.1) is 11.3 Å². The highest BCUT2D eigenvalue weighted by atomic mass is 35.5. The fourth-order valence-corrected chi connectivity index (χ4v) is 2.68. The molecule has 1 N–H and O–H groups in total. The number of hydrogen-bond donors (Lipinski definition) is 1. The van der Waals surface area contributed by atoms with Crippen molar-refractivity contribution in [2.45, 2.75) is 0 Å². The molecule has 0 atom stereocenters. The van der Waals surface area contributed by atoms with Crippen molar-refractivity contribution in [2.24, 2.45) is 0 Å². The lowest BCUT2D eigenvalue weighted by molar-refractivity contribution is 0.102. The molecule has 0 fully saturated rings. The first-order valence-corrected chi connectivity index (χ1v) is 8.13. The zero-order valence-electron chi connectivity index (χ0n) is 12.9. The van der Waals surface area contributed by atoms with Crippen LogP contribution in [0.4, 0.5) is 5.69 Å². The Kier molecular flexibility index (Phi) is 5.12. The summed E-state index contributed by atoms with van der Waals surface area (Å²) in [4.78, 5) is 29.1. The van der Waals surface area contributed by atoms with Gasteiger partial charge in [-0.1, -0.05) is 53.5 Å². The van der Waals surface area contributed by atoms with Crippen LogP contribution in [0.25, 0.3) is 0 Å². The molecule has 2 aromatic carbocycles. The van der Waals surface area contributed by atoms with E-state index in [1.807, 2.05) is 6.07 Å². The third-order valence-corrected chi connectivity index (χ3v) is 4.05. The third-order valence-electron chi connectivity index (χ3n) is 3.51. The van der Waals surface area contributed by atoms with Crippen LogP contribution < -0.4 is 5.32 Å². The van der Waals surface area contributed by atoms with Gasteiger partial charge < -0.3 is 5.32 Å². The van der Waals surface area contributed by atoms with Gasteiger partial charge in [0.15, 0.2) is 5.78 Å². The van der Waals surface area contributed by atoms with Crippen molar-refractivity contribution in [3.63, 3.8) is 0 Å². The van der Waals surface area contributed by atoms with E-state index in [4.69, 9.17) is 23.2 Å². The fourth-order valence-electron chi connectivity index (χ4n) is 2.30. The lowest BCUT2D eigenvalue weighted by atomic mass is 10.0. The van der Waals surface area contributed by atoms with Crippen LogP contribution in [0.1, 0.15) is 26.3 Å². The van der Waals surface area contributed by atoms with E-state index in [-0.39, 0.29) is 16.5 Å². The molecule has 0 saturated carbocycles. The Morgan fingerprint density at radius 1 is 0.880 bits per heavy atom. The average Bonchev–Trinajstić information content (AvgIpc) is 2.63. The van der Waals surface area contributed by atoms with E-state index < -0.39 is 5.91 Å². The summed E-state index contributed by atoms with van der Waals surface area (Å²) in [5.74, 6) is -0.696. The van der Waals surface area contributed by atoms with Crippen LogP contribution in [-0.4, -0.2) is 16.7 Å². The Hall–Kier alpha value is -2.69. The van der Waals surface area contributed by atoms with Crippen molar-refractivity contribution in [1.82, 2.24) is 4.98 Å². The minimum atomic E-state index is -0.456. The van der Waals surface area contributed by atoms with Crippen LogP contribution in [0.5, 0.6) is 0 Å². The van der Waals surface area contributed by atoms with Gasteiger partial charge in [-0.05, 0) is 30.3 Å². The van der Waals surface area contributed by atoms with Gasteiger partial charge in [-0.3, -0.25) is 9.59 Å². The summed E-state index contributed by atoms with van der Waals surface area (Å²) in [6.07, 6.45) is 1.49. The largest absolute Gasteiger partial charge is 0.321 e. The fraction of sp³-hybridized carbons (Fsp3) is 0. The summed E-state index contributed by atoms with van der Waals surface area (Å²) in [6, 6.07) is 16.6. The Morgan fingerprint density at radius 3 is 2.36 bits per heavy atom. The maximum absolute atomic E-state index is 12.8. The number of hydrogen-bond acceptors (Lipinski definition) is 3. The van der Waals surface area contributed by atoms with Gasteiger partial charge in [0, 0.05) is 22.3 Å². The standard InChI is InChI=1S/C19H12Cl2N2O2/c20-13-8-9-16(23-19(25)14-7-4-10-22-18(14)21)15(11-13)17(24)12-5-2-1-3-6-12/h1-11H,(H,23,25). The Labute approximate surface area is 154 Å². The molecule has 3 rings (SSSR count). The van der Waals surface area contributed by atoms with Crippen molar-refractivity contribution in [3.8, 4) is 0 Å². The van der Waals surface area contributed by atoms with Crippen molar-refractivity contribution in [1.29, 1.82) is 0 Å². The lowest BCUT2D eigenvalue weighted by Gasteiger charge is -2.11. The third kappa shape index (κ3) is 3.87. The minimum Gasteiger partial charge on any atom is -0.321 e. The van der Waals surface area contributed by atoms with Crippen molar-refractivity contribution in [3.05, 3.63) is 93.7 Å². The summed E-state index contributed by atoms with van der Waals surface area (Å²) >= 11 is 12.0. The van der Waals surface area contributed by atoms with E-state index in [0.717, 1.165) is 0 Å². The molecular weight excluding hydrogens is 359 g/mol. The Bertz CT molecular complexity index is 943. The number of halogens is 2. The first-order chi connectivity index (χ1) is 12.1. The molecule has 1 aromatic heterocycles. The Balaban J connectivity index is 1.96. The molecule has 0 aliphatic heterocycles. The van der Waals surface area contributed by atoms with Gasteiger partial charge >= 0.3 is 0 Å². The van der Waals surface area contributed by atoms with Gasteiger partial charge in [0.25, 0.3) is 5.91 Å². The number of aromatic nitrogens is 1.